The van der Waals surface area contributed by atoms with Crippen LogP contribution in [0.25, 0.3) is 0 Å². The number of nitrogens with zero attached hydrogens (tertiary/aromatic N) is 2. The third-order valence-corrected chi connectivity index (χ3v) is 7.30. The molecule has 10 heteroatoms. The predicted octanol–water partition coefficient (Wildman–Crippen LogP) is 1.84. The fraction of sp³-hybridized carbons (Fsp3) is 0.750. The van der Waals surface area contributed by atoms with Crippen molar-refractivity contribution in [1.82, 2.24) is 14.9 Å². The van der Waals surface area contributed by atoms with E-state index < -0.39 is 10.0 Å². The highest BCUT2D eigenvalue weighted by Gasteiger charge is 2.21. The van der Waals surface area contributed by atoms with Crippen LogP contribution in [0.15, 0.2) is 4.34 Å². The molecule has 1 saturated carbocycles. The highest BCUT2D eigenvalue weighted by atomic mass is 32.2. The van der Waals surface area contributed by atoms with Gasteiger partial charge in [-0.2, -0.15) is 11.8 Å². The van der Waals surface area contributed by atoms with E-state index in [1.807, 2.05) is 11.8 Å². The van der Waals surface area contributed by atoms with Gasteiger partial charge in [-0.05, 0) is 12.8 Å². The van der Waals surface area contributed by atoms with Crippen molar-refractivity contribution in [1.29, 1.82) is 0 Å². The Labute approximate surface area is 138 Å². The van der Waals surface area contributed by atoms with Crippen molar-refractivity contribution in [3.05, 3.63) is 0 Å². The largest absolute Gasteiger partial charge is 0.301 e. The van der Waals surface area contributed by atoms with Crippen LogP contribution in [-0.2, 0) is 14.8 Å². The van der Waals surface area contributed by atoms with E-state index in [-0.39, 0.29) is 15.4 Å². The standard InChI is InChI=1S/C12H20N4O3S3/c1-2-10(17)14-11-15-16-12(21-11)22(18,19)13-7-8-20-9-5-3-4-6-9/h9,13H,2-8H2,1H3,(H,14,15,17). The van der Waals surface area contributed by atoms with Crippen molar-refractivity contribution >= 4 is 44.2 Å². The van der Waals surface area contributed by atoms with Crippen LogP contribution in [0, 0.1) is 0 Å². The Bertz CT molecular complexity index is 597. The molecular weight excluding hydrogens is 344 g/mol. The molecule has 0 aliphatic heterocycles. The minimum Gasteiger partial charge on any atom is -0.301 e. The van der Waals surface area contributed by atoms with Gasteiger partial charge in [0.15, 0.2) is 0 Å². The van der Waals surface area contributed by atoms with Gasteiger partial charge in [0.2, 0.25) is 15.4 Å². The lowest BCUT2D eigenvalue weighted by Crippen LogP contribution is -2.26. The Morgan fingerprint density at radius 2 is 2.09 bits per heavy atom. The Hall–Kier alpha value is -0.710. The molecule has 0 saturated heterocycles. The lowest BCUT2D eigenvalue weighted by Gasteiger charge is -2.08. The lowest BCUT2D eigenvalue weighted by atomic mass is 10.4. The molecule has 0 bridgehead atoms. The third-order valence-electron chi connectivity index (χ3n) is 3.25. The summed E-state index contributed by atoms with van der Waals surface area (Å²) >= 11 is 2.68. The molecule has 1 fully saturated rings. The molecule has 2 N–H and O–H groups in total. The summed E-state index contributed by atoms with van der Waals surface area (Å²) in [4.78, 5) is 11.2. The highest BCUT2D eigenvalue weighted by Crippen LogP contribution is 2.29. The molecule has 1 aliphatic carbocycles. The maximum Gasteiger partial charge on any atom is 0.269 e. The van der Waals surface area contributed by atoms with Crippen molar-refractivity contribution in [3.63, 3.8) is 0 Å². The molecule has 0 aromatic carbocycles. The van der Waals surface area contributed by atoms with Gasteiger partial charge in [-0.15, -0.1) is 10.2 Å². The number of rotatable bonds is 8. The number of carbonyl (C=O) groups excluding carboxylic acids is 1. The first kappa shape index (κ1) is 17.6. The second-order valence-electron chi connectivity index (χ2n) is 4.95. The van der Waals surface area contributed by atoms with Crippen LogP contribution in [0.3, 0.4) is 0 Å². The molecule has 22 heavy (non-hydrogen) atoms. The molecule has 1 aliphatic rings. The molecule has 124 valence electrons. The van der Waals surface area contributed by atoms with E-state index in [2.05, 4.69) is 20.2 Å². The van der Waals surface area contributed by atoms with Gasteiger partial charge in [-0.1, -0.05) is 31.1 Å². The van der Waals surface area contributed by atoms with Crippen LogP contribution in [0.4, 0.5) is 5.13 Å². The molecule has 7 nitrogen and oxygen atoms in total. The zero-order chi connectivity index (χ0) is 16.0. The van der Waals surface area contributed by atoms with Gasteiger partial charge in [0.1, 0.15) is 0 Å². The van der Waals surface area contributed by atoms with E-state index in [9.17, 15) is 13.2 Å². The zero-order valence-corrected chi connectivity index (χ0v) is 14.8. The molecular formula is C12H20N4O3S3. The molecule has 0 unspecified atom stereocenters. The minimum atomic E-state index is -3.65. The minimum absolute atomic E-state index is 0.121. The van der Waals surface area contributed by atoms with Crippen molar-refractivity contribution in [3.8, 4) is 0 Å². The number of thioether (sulfide) groups is 1. The molecule has 0 spiro atoms. The Balaban J connectivity index is 1.80. The van der Waals surface area contributed by atoms with Crippen LogP contribution in [0.2, 0.25) is 0 Å². The van der Waals surface area contributed by atoms with Crippen molar-refractivity contribution in [2.45, 2.75) is 48.6 Å². The maximum absolute atomic E-state index is 12.1. The average Bonchev–Trinajstić information content (AvgIpc) is 3.15. The van der Waals surface area contributed by atoms with Crippen LogP contribution in [-0.4, -0.2) is 42.1 Å². The second kappa shape index (κ2) is 8.23. The number of hydrogen-bond donors (Lipinski definition) is 2. The summed E-state index contributed by atoms with van der Waals surface area (Å²) in [6.45, 7) is 2.08. The Kier molecular flexibility index (Phi) is 6.60. The normalized spacial score (nSPS) is 16.0. The van der Waals surface area contributed by atoms with Gasteiger partial charge in [0.05, 0.1) is 0 Å². The van der Waals surface area contributed by atoms with Gasteiger partial charge >= 0.3 is 0 Å². The molecule has 1 amide bonds. The number of sulfonamides is 1. The molecule has 1 aromatic rings. The summed E-state index contributed by atoms with van der Waals surface area (Å²) in [6.07, 6.45) is 5.32. The maximum atomic E-state index is 12.1. The SMILES string of the molecule is CCC(=O)Nc1nnc(S(=O)(=O)NCCSC2CCCC2)s1. The molecule has 1 aromatic heterocycles. The van der Waals surface area contributed by atoms with E-state index >= 15 is 0 Å². The summed E-state index contributed by atoms with van der Waals surface area (Å²) < 4.78 is 26.5. The smallest absolute Gasteiger partial charge is 0.269 e. The average molecular weight is 365 g/mol. The van der Waals surface area contributed by atoms with Gasteiger partial charge in [-0.3, -0.25) is 4.79 Å². The second-order valence-corrected chi connectivity index (χ2v) is 9.28. The van der Waals surface area contributed by atoms with Crippen LogP contribution >= 0.6 is 23.1 Å². The fourth-order valence-corrected chi connectivity index (χ4v) is 5.43. The molecule has 1 heterocycles. The van der Waals surface area contributed by atoms with Crippen LogP contribution < -0.4 is 10.0 Å². The fourth-order valence-electron chi connectivity index (χ4n) is 2.09. The monoisotopic (exact) mass is 364 g/mol. The van der Waals surface area contributed by atoms with E-state index in [1.165, 1.54) is 25.7 Å². The summed E-state index contributed by atoms with van der Waals surface area (Å²) in [6, 6.07) is 0. The number of amides is 1. The van der Waals surface area contributed by atoms with Gasteiger partial charge in [0.25, 0.3) is 10.0 Å². The Morgan fingerprint density at radius 3 is 2.77 bits per heavy atom. The molecule has 0 atom stereocenters. The van der Waals surface area contributed by atoms with Gasteiger partial charge < -0.3 is 5.32 Å². The van der Waals surface area contributed by atoms with Gasteiger partial charge in [-0.25, -0.2) is 13.1 Å². The van der Waals surface area contributed by atoms with Crippen molar-refractivity contribution in [2.75, 3.05) is 17.6 Å². The van der Waals surface area contributed by atoms with E-state index in [0.717, 1.165) is 17.1 Å². The van der Waals surface area contributed by atoms with Crippen LogP contribution in [0.1, 0.15) is 39.0 Å². The number of aromatic nitrogens is 2. The first-order valence-corrected chi connectivity index (χ1v) is 10.6. The first-order chi connectivity index (χ1) is 10.5. The van der Waals surface area contributed by atoms with Crippen molar-refractivity contribution in [2.24, 2.45) is 0 Å². The third kappa shape index (κ3) is 5.18. The van der Waals surface area contributed by atoms with Gasteiger partial charge in [0, 0.05) is 24.0 Å². The molecule has 2 rings (SSSR count). The van der Waals surface area contributed by atoms with Crippen molar-refractivity contribution < 1.29 is 13.2 Å². The van der Waals surface area contributed by atoms with E-state index in [1.54, 1.807) is 6.92 Å². The highest BCUT2D eigenvalue weighted by molar-refractivity contribution is 8.00. The zero-order valence-electron chi connectivity index (χ0n) is 12.4. The summed E-state index contributed by atoms with van der Waals surface area (Å²) in [5.41, 5.74) is 0. The predicted molar refractivity (Wildman–Crippen MR) is 88.7 cm³/mol. The summed E-state index contributed by atoms with van der Waals surface area (Å²) in [5, 5.41) is 10.7. The molecule has 0 radical (unpaired) electrons. The first-order valence-electron chi connectivity index (χ1n) is 7.26. The van der Waals surface area contributed by atoms with Crippen LogP contribution in [0.5, 0.6) is 0 Å². The summed E-state index contributed by atoms with van der Waals surface area (Å²) in [7, 11) is -3.65. The van der Waals surface area contributed by atoms with E-state index in [4.69, 9.17) is 0 Å². The lowest BCUT2D eigenvalue weighted by molar-refractivity contribution is -0.115. The van der Waals surface area contributed by atoms with E-state index in [0.29, 0.717) is 18.2 Å². The topological polar surface area (TPSA) is 101 Å². The number of carbonyl (C=O) groups is 1. The number of anilines is 1. The summed E-state index contributed by atoms with van der Waals surface area (Å²) in [5.74, 6) is 0.531. The number of hydrogen-bond acceptors (Lipinski definition) is 7. The Morgan fingerprint density at radius 1 is 1.36 bits per heavy atom. The number of nitrogens with one attached hydrogen (secondary N) is 2. The quantitative estimate of drug-likeness (QED) is 0.539.